The molecule has 5 rings (SSSR count). The van der Waals surface area contributed by atoms with Gasteiger partial charge in [0.1, 0.15) is 5.82 Å². The lowest BCUT2D eigenvalue weighted by molar-refractivity contribution is 0.249. The maximum atomic E-state index is 13.4. The number of rotatable bonds is 4. The standard InChI is InChI=1S/C22H21FN6/c23-19-3-1-2-17(14-19)16-27-10-12-28(13-11-27)21-22-26-15-20(29(22)9-8-25-21)18-4-6-24-7-5-18/h1-9,14-15H,10-13,16H2. The fraction of sp³-hybridized carbons (Fsp3) is 0.227. The molecule has 1 fully saturated rings. The van der Waals surface area contributed by atoms with Crippen LogP contribution in [0.3, 0.4) is 0 Å². The predicted molar refractivity (Wildman–Crippen MR) is 110 cm³/mol. The monoisotopic (exact) mass is 388 g/mol. The largest absolute Gasteiger partial charge is 0.351 e. The van der Waals surface area contributed by atoms with Crippen LogP contribution in [0.25, 0.3) is 16.9 Å². The van der Waals surface area contributed by atoms with Crippen LogP contribution in [-0.2, 0) is 6.54 Å². The molecule has 1 aliphatic heterocycles. The number of fused-ring (bicyclic) bond motifs is 1. The summed E-state index contributed by atoms with van der Waals surface area (Å²) in [5.74, 6) is 0.722. The Labute approximate surface area is 168 Å². The molecule has 4 heterocycles. The molecule has 7 heteroatoms. The number of pyridine rings is 1. The summed E-state index contributed by atoms with van der Waals surface area (Å²) in [6, 6.07) is 10.8. The molecule has 0 saturated carbocycles. The molecule has 0 bridgehead atoms. The van der Waals surface area contributed by atoms with Gasteiger partial charge in [-0.05, 0) is 29.8 Å². The van der Waals surface area contributed by atoms with Crippen molar-refractivity contribution in [2.24, 2.45) is 0 Å². The molecular formula is C22H21FN6. The van der Waals surface area contributed by atoms with Gasteiger partial charge in [-0.15, -0.1) is 0 Å². The van der Waals surface area contributed by atoms with E-state index in [1.807, 2.05) is 36.8 Å². The second-order valence-corrected chi connectivity index (χ2v) is 7.22. The second-order valence-electron chi connectivity index (χ2n) is 7.22. The third-order valence-corrected chi connectivity index (χ3v) is 5.35. The minimum atomic E-state index is -0.179. The average Bonchev–Trinajstić information content (AvgIpc) is 3.19. The van der Waals surface area contributed by atoms with Crippen LogP contribution in [0.5, 0.6) is 0 Å². The van der Waals surface area contributed by atoms with Crippen molar-refractivity contribution in [3.63, 3.8) is 0 Å². The highest BCUT2D eigenvalue weighted by atomic mass is 19.1. The number of hydrogen-bond acceptors (Lipinski definition) is 5. The summed E-state index contributed by atoms with van der Waals surface area (Å²) >= 11 is 0. The molecule has 29 heavy (non-hydrogen) atoms. The van der Waals surface area contributed by atoms with Crippen molar-refractivity contribution >= 4 is 11.5 Å². The molecule has 1 aromatic carbocycles. The Morgan fingerprint density at radius 2 is 1.76 bits per heavy atom. The number of halogens is 1. The quantitative estimate of drug-likeness (QED) is 0.537. The number of hydrogen-bond donors (Lipinski definition) is 0. The molecule has 0 aliphatic carbocycles. The van der Waals surface area contributed by atoms with Crippen LogP contribution in [-0.4, -0.2) is 50.4 Å². The van der Waals surface area contributed by atoms with Gasteiger partial charge in [-0.2, -0.15) is 0 Å². The van der Waals surface area contributed by atoms with Gasteiger partial charge in [-0.3, -0.25) is 14.3 Å². The molecule has 0 atom stereocenters. The Hall–Kier alpha value is -3.32. The van der Waals surface area contributed by atoms with Crippen LogP contribution in [0.15, 0.2) is 67.4 Å². The number of benzene rings is 1. The Morgan fingerprint density at radius 1 is 0.931 bits per heavy atom. The first-order valence-corrected chi connectivity index (χ1v) is 9.72. The van der Waals surface area contributed by atoms with Gasteiger partial charge in [0.15, 0.2) is 11.5 Å². The Morgan fingerprint density at radius 3 is 2.55 bits per heavy atom. The van der Waals surface area contributed by atoms with E-state index in [4.69, 9.17) is 0 Å². The zero-order valence-electron chi connectivity index (χ0n) is 15.9. The van der Waals surface area contributed by atoms with Gasteiger partial charge in [-0.25, -0.2) is 14.4 Å². The van der Waals surface area contributed by atoms with Gasteiger partial charge in [0.05, 0.1) is 11.9 Å². The van der Waals surface area contributed by atoms with Crippen LogP contribution in [0.1, 0.15) is 5.56 Å². The maximum Gasteiger partial charge on any atom is 0.180 e. The molecule has 0 amide bonds. The minimum absolute atomic E-state index is 0.179. The molecule has 0 radical (unpaired) electrons. The van der Waals surface area contributed by atoms with Crippen LogP contribution in [0.2, 0.25) is 0 Å². The lowest BCUT2D eigenvalue weighted by atomic mass is 10.2. The highest BCUT2D eigenvalue weighted by Crippen LogP contribution is 2.25. The first-order valence-electron chi connectivity index (χ1n) is 9.72. The van der Waals surface area contributed by atoms with Crippen LogP contribution >= 0.6 is 0 Å². The highest BCUT2D eigenvalue weighted by molar-refractivity contribution is 5.71. The van der Waals surface area contributed by atoms with Crippen molar-refractivity contribution in [3.05, 3.63) is 78.8 Å². The summed E-state index contributed by atoms with van der Waals surface area (Å²) in [5.41, 5.74) is 3.96. The first-order chi connectivity index (χ1) is 14.3. The minimum Gasteiger partial charge on any atom is -0.351 e. The third-order valence-electron chi connectivity index (χ3n) is 5.35. The normalized spacial score (nSPS) is 15.1. The molecule has 6 nitrogen and oxygen atoms in total. The molecule has 0 spiro atoms. The summed E-state index contributed by atoms with van der Waals surface area (Å²) in [4.78, 5) is 18.0. The summed E-state index contributed by atoms with van der Waals surface area (Å²) in [7, 11) is 0. The molecule has 146 valence electrons. The topological polar surface area (TPSA) is 49.6 Å². The summed E-state index contributed by atoms with van der Waals surface area (Å²) in [6.07, 6.45) is 9.23. The SMILES string of the molecule is Fc1cccc(CN2CCN(c3nccn4c(-c5ccncc5)cnc34)CC2)c1. The van der Waals surface area contributed by atoms with Crippen LogP contribution in [0.4, 0.5) is 10.2 Å². The molecule has 1 saturated heterocycles. The van der Waals surface area contributed by atoms with Gasteiger partial charge >= 0.3 is 0 Å². The van der Waals surface area contributed by atoms with E-state index in [2.05, 4.69) is 29.2 Å². The van der Waals surface area contributed by atoms with Gasteiger partial charge in [-0.1, -0.05) is 12.1 Å². The Balaban J connectivity index is 1.34. The van der Waals surface area contributed by atoms with Gasteiger partial charge in [0.2, 0.25) is 0 Å². The average molecular weight is 388 g/mol. The summed E-state index contributed by atoms with van der Waals surface area (Å²) < 4.78 is 15.5. The highest BCUT2D eigenvalue weighted by Gasteiger charge is 2.21. The lowest BCUT2D eigenvalue weighted by Crippen LogP contribution is -2.46. The molecule has 1 aliphatic rings. The van der Waals surface area contributed by atoms with E-state index >= 15 is 0 Å². The summed E-state index contributed by atoms with van der Waals surface area (Å²) in [6.45, 7) is 4.28. The van der Waals surface area contributed by atoms with Crippen molar-refractivity contribution in [1.82, 2.24) is 24.3 Å². The number of anilines is 1. The molecule has 4 aromatic rings. The van der Waals surface area contributed by atoms with E-state index in [1.165, 1.54) is 6.07 Å². The lowest BCUT2D eigenvalue weighted by Gasteiger charge is -2.35. The molecule has 0 unspecified atom stereocenters. The van der Waals surface area contributed by atoms with Crippen molar-refractivity contribution in [3.8, 4) is 11.3 Å². The van der Waals surface area contributed by atoms with Crippen molar-refractivity contribution in [2.45, 2.75) is 6.54 Å². The van der Waals surface area contributed by atoms with Gasteiger partial charge < -0.3 is 4.90 Å². The zero-order valence-corrected chi connectivity index (χ0v) is 15.9. The van der Waals surface area contributed by atoms with Crippen LogP contribution in [0, 0.1) is 5.82 Å². The number of nitrogens with zero attached hydrogens (tertiary/aromatic N) is 6. The summed E-state index contributed by atoms with van der Waals surface area (Å²) in [5, 5.41) is 0. The number of piperazine rings is 1. The van der Waals surface area contributed by atoms with Gasteiger partial charge in [0.25, 0.3) is 0 Å². The van der Waals surface area contributed by atoms with Gasteiger partial charge in [0, 0.05) is 63.1 Å². The fourth-order valence-corrected chi connectivity index (χ4v) is 3.88. The maximum absolute atomic E-state index is 13.4. The second kappa shape index (κ2) is 7.60. The number of imidazole rings is 1. The predicted octanol–water partition coefficient (Wildman–Crippen LogP) is 3.25. The van der Waals surface area contributed by atoms with Crippen molar-refractivity contribution in [1.29, 1.82) is 0 Å². The molecular weight excluding hydrogens is 367 g/mol. The number of aromatic nitrogens is 4. The smallest absolute Gasteiger partial charge is 0.180 e. The van der Waals surface area contributed by atoms with Crippen molar-refractivity contribution < 1.29 is 4.39 Å². The first kappa shape index (κ1) is 17.8. The van der Waals surface area contributed by atoms with E-state index < -0.39 is 0 Å². The van der Waals surface area contributed by atoms with E-state index in [9.17, 15) is 4.39 Å². The molecule has 0 N–H and O–H groups in total. The molecule has 3 aromatic heterocycles. The zero-order chi connectivity index (χ0) is 19.6. The Kier molecular flexibility index (Phi) is 4.65. The fourth-order valence-electron chi connectivity index (χ4n) is 3.88. The van der Waals surface area contributed by atoms with E-state index in [1.54, 1.807) is 24.5 Å². The van der Waals surface area contributed by atoms with Crippen LogP contribution < -0.4 is 4.90 Å². The van der Waals surface area contributed by atoms with E-state index in [-0.39, 0.29) is 5.82 Å². The Bertz CT molecular complexity index is 1120. The van der Waals surface area contributed by atoms with E-state index in [0.29, 0.717) is 0 Å². The third kappa shape index (κ3) is 3.56. The van der Waals surface area contributed by atoms with Crippen molar-refractivity contribution in [2.75, 3.05) is 31.1 Å². The van der Waals surface area contributed by atoms with E-state index in [0.717, 1.165) is 61.0 Å².